The Morgan fingerprint density at radius 3 is 2.56 bits per heavy atom. The van der Waals surface area contributed by atoms with Crippen LogP contribution in [0.2, 0.25) is 0 Å². The van der Waals surface area contributed by atoms with Crippen molar-refractivity contribution in [2.75, 3.05) is 0 Å². The molecule has 0 aliphatic heterocycles. The molecule has 3 aromatic rings. The van der Waals surface area contributed by atoms with Crippen molar-refractivity contribution in [2.24, 2.45) is 0 Å². The average Bonchev–Trinajstić information content (AvgIpc) is 3.13. The van der Waals surface area contributed by atoms with Crippen LogP contribution in [0.4, 0.5) is 13.2 Å². The molecule has 2 aromatic heterocycles. The molecule has 178 valence electrons. The molecule has 1 aliphatic rings. The number of benzene rings is 1. The van der Waals surface area contributed by atoms with E-state index in [1.54, 1.807) is 19.9 Å². The Hall–Kier alpha value is -3.62. The molecule has 1 aromatic carbocycles. The van der Waals surface area contributed by atoms with E-state index in [1.165, 1.54) is 11.6 Å². The third kappa shape index (κ3) is 5.65. The van der Waals surface area contributed by atoms with Crippen LogP contribution in [0.25, 0.3) is 6.08 Å². The number of amides is 1. The number of allylic oxidation sites excluding steroid dienone is 1. The first-order valence-electron chi connectivity index (χ1n) is 10.9. The van der Waals surface area contributed by atoms with Crippen molar-refractivity contribution in [3.63, 3.8) is 0 Å². The number of nitrogens with zero attached hydrogens (tertiary/aromatic N) is 2. The maximum absolute atomic E-state index is 12.7. The van der Waals surface area contributed by atoms with Gasteiger partial charge in [0.05, 0.1) is 11.3 Å². The Morgan fingerprint density at radius 2 is 1.94 bits per heavy atom. The number of hydrogen-bond acceptors (Lipinski definition) is 5. The summed E-state index contributed by atoms with van der Waals surface area (Å²) in [4.78, 5) is 16.3. The van der Waals surface area contributed by atoms with E-state index in [0.29, 0.717) is 22.8 Å². The van der Waals surface area contributed by atoms with E-state index >= 15 is 0 Å². The number of halogens is 3. The molecule has 1 N–H and O–H groups in total. The molecule has 6 nitrogen and oxygen atoms in total. The van der Waals surface area contributed by atoms with Gasteiger partial charge in [-0.1, -0.05) is 28.9 Å². The maximum atomic E-state index is 12.7. The van der Waals surface area contributed by atoms with Gasteiger partial charge in [0, 0.05) is 18.3 Å². The van der Waals surface area contributed by atoms with Crippen molar-refractivity contribution >= 4 is 12.0 Å². The highest BCUT2D eigenvalue weighted by Gasteiger charge is 2.30. The molecule has 2 heterocycles. The SMILES string of the molecule is Cc1noc(C)c1C(=O)NC1CCC(=Cc2cccc(Oc3ccc(C(F)(F)F)cn3)c2)CC1. The smallest absolute Gasteiger partial charge is 0.417 e. The highest BCUT2D eigenvalue weighted by molar-refractivity contribution is 5.96. The fourth-order valence-corrected chi connectivity index (χ4v) is 3.97. The lowest BCUT2D eigenvalue weighted by atomic mass is 9.89. The predicted octanol–water partition coefficient (Wildman–Crippen LogP) is 6.25. The number of hydrogen-bond donors (Lipinski definition) is 1. The molecule has 0 spiro atoms. The molecule has 1 fully saturated rings. The summed E-state index contributed by atoms with van der Waals surface area (Å²) in [6, 6.07) is 9.52. The standard InChI is InChI=1S/C25H24F3N3O3/c1-15-23(16(2)34-31-15)24(32)30-20-9-6-17(7-10-20)12-18-4-3-5-21(13-18)33-22-11-8-19(14-29-22)25(26,27)28/h3-5,8,11-14,20H,6-7,9-10H2,1-2H3,(H,30,32). The van der Waals surface area contributed by atoms with Gasteiger partial charge in [0.15, 0.2) is 0 Å². The van der Waals surface area contributed by atoms with E-state index in [0.717, 1.165) is 43.5 Å². The van der Waals surface area contributed by atoms with Crippen LogP contribution in [0.1, 0.15) is 58.6 Å². The molecular weight excluding hydrogens is 447 g/mol. The molecule has 0 bridgehead atoms. The van der Waals surface area contributed by atoms with Crippen molar-refractivity contribution in [3.8, 4) is 11.6 Å². The minimum absolute atomic E-state index is 0.0822. The second-order valence-corrected chi connectivity index (χ2v) is 8.31. The lowest BCUT2D eigenvalue weighted by molar-refractivity contribution is -0.137. The Kier molecular flexibility index (Phi) is 6.72. The number of pyridine rings is 1. The van der Waals surface area contributed by atoms with E-state index in [4.69, 9.17) is 9.26 Å². The Bertz CT molecular complexity index is 1170. The van der Waals surface area contributed by atoms with Gasteiger partial charge in [0.25, 0.3) is 5.91 Å². The third-order valence-electron chi connectivity index (χ3n) is 5.74. The quantitative estimate of drug-likeness (QED) is 0.476. The normalized spacial score (nSPS) is 16.3. The number of carbonyl (C=O) groups excluding carboxylic acids is 1. The van der Waals surface area contributed by atoms with Crippen molar-refractivity contribution < 1.29 is 27.2 Å². The Balaban J connectivity index is 1.34. The lowest BCUT2D eigenvalue weighted by Gasteiger charge is -2.25. The van der Waals surface area contributed by atoms with E-state index in [2.05, 4.69) is 21.5 Å². The first kappa shape index (κ1) is 23.5. The van der Waals surface area contributed by atoms with Crippen LogP contribution >= 0.6 is 0 Å². The van der Waals surface area contributed by atoms with Crippen molar-refractivity contribution in [3.05, 3.63) is 76.3 Å². The summed E-state index contributed by atoms with van der Waals surface area (Å²) in [5.41, 5.74) is 2.45. The van der Waals surface area contributed by atoms with Gasteiger partial charge in [0.2, 0.25) is 5.88 Å². The zero-order valence-corrected chi connectivity index (χ0v) is 18.8. The predicted molar refractivity (Wildman–Crippen MR) is 119 cm³/mol. The highest BCUT2D eigenvalue weighted by atomic mass is 19.4. The van der Waals surface area contributed by atoms with Gasteiger partial charge in [-0.25, -0.2) is 4.98 Å². The summed E-state index contributed by atoms with van der Waals surface area (Å²) in [7, 11) is 0. The largest absolute Gasteiger partial charge is 0.439 e. The van der Waals surface area contributed by atoms with E-state index in [1.807, 2.05) is 18.2 Å². The van der Waals surface area contributed by atoms with Crippen LogP contribution < -0.4 is 10.1 Å². The van der Waals surface area contributed by atoms with Crippen molar-refractivity contribution in [1.82, 2.24) is 15.5 Å². The number of aryl methyl sites for hydroxylation is 2. The average molecular weight is 471 g/mol. The van der Waals surface area contributed by atoms with Gasteiger partial charge in [0.1, 0.15) is 17.1 Å². The first-order valence-corrected chi connectivity index (χ1v) is 10.9. The molecule has 0 radical (unpaired) electrons. The summed E-state index contributed by atoms with van der Waals surface area (Å²) in [5.74, 6) is 0.935. The lowest BCUT2D eigenvalue weighted by Crippen LogP contribution is -2.36. The van der Waals surface area contributed by atoms with Crippen LogP contribution in [0, 0.1) is 13.8 Å². The monoisotopic (exact) mass is 471 g/mol. The zero-order chi connectivity index (χ0) is 24.3. The second-order valence-electron chi connectivity index (χ2n) is 8.31. The zero-order valence-electron chi connectivity index (χ0n) is 18.8. The number of rotatable bonds is 5. The summed E-state index contributed by atoms with van der Waals surface area (Å²) in [5, 5.41) is 6.91. The number of nitrogens with one attached hydrogen (secondary N) is 1. The van der Waals surface area contributed by atoms with Gasteiger partial charge in [-0.2, -0.15) is 13.2 Å². The van der Waals surface area contributed by atoms with E-state index in [-0.39, 0.29) is 17.8 Å². The maximum Gasteiger partial charge on any atom is 0.417 e. The molecule has 0 unspecified atom stereocenters. The highest BCUT2D eigenvalue weighted by Crippen LogP contribution is 2.31. The fourth-order valence-electron chi connectivity index (χ4n) is 3.97. The molecule has 1 saturated carbocycles. The Labute approximate surface area is 194 Å². The van der Waals surface area contributed by atoms with Crippen LogP contribution in [0.3, 0.4) is 0 Å². The topological polar surface area (TPSA) is 77.2 Å². The van der Waals surface area contributed by atoms with Gasteiger partial charge in [-0.3, -0.25) is 4.79 Å². The van der Waals surface area contributed by atoms with E-state index in [9.17, 15) is 18.0 Å². The number of carbonyl (C=O) groups is 1. The summed E-state index contributed by atoms with van der Waals surface area (Å²) >= 11 is 0. The van der Waals surface area contributed by atoms with E-state index < -0.39 is 11.7 Å². The minimum Gasteiger partial charge on any atom is -0.439 e. The Morgan fingerprint density at radius 1 is 1.18 bits per heavy atom. The third-order valence-corrected chi connectivity index (χ3v) is 5.74. The fraction of sp³-hybridized carbons (Fsp3) is 0.320. The van der Waals surface area contributed by atoms with Gasteiger partial charge < -0.3 is 14.6 Å². The first-order chi connectivity index (χ1) is 16.2. The van der Waals surface area contributed by atoms with Crippen LogP contribution in [-0.4, -0.2) is 22.1 Å². The molecule has 4 rings (SSSR count). The molecule has 0 saturated heterocycles. The van der Waals surface area contributed by atoms with Crippen molar-refractivity contribution in [1.29, 1.82) is 0 Å². The van der Waals surface area contributed by atoms with Gasteiger partial charge in [-0.15, -0.1) is 0 Å². The van der Waals surface area contributed by atoms with Gasteiger partial charge >= 0.3 is 6.18 Å². The number of aromatic nitrogens is 2. The minimum atomic E-state index is -4.44. The summed E-state index contributed by atoms with van der Waals surface area (Å²) in [6.45, 7) is 3.47. The summed E-state index contributed by atoms with van der Waals surface area (Å²) < 4.78 is 48.8. The molecular formula is C25H24F3N3O3. The van der Waals surface area contributed by atoms with Crippen molar-refractivity contribution in [2.45, 2.75) is 51.7 Å². The molecule has 0 atom stereocenters. The summed E-state index contributed by atoms with van der Waals surface area (Å²) in [6.07, 6.45) is 1.74. The number of alkyl halides is 3. The molecule has 34 heavy (non-hydrogen) atoms. The van der Waals surface area contributed by atoms with Crippen LogP contribution in [0.5, 0.6) is 11.6 Å². The van der Waals surface area contributed by atoms with Gasteiger partial charge in [-0.05, 0) is 63.3 Å². The molecule has 9 heteroatoms. The second kappa shape index (κ2) is 9.70. The molecule has 1 aliphatic carbocycles. The number of ether oxygens (including phenoxy) is 1. The molecule has 1 amide bonds. The van der Waals surface area contributed by atoms with Crippen LogP contribution in [-0.2, 0) is 6.18 Å². The van der Waals surface area contributed by atoms with Crippen LogP contribution in [0.15, 0.2) is 52.7 Å².